The number of likely N-dealkylation sites (tertiary alicyclic amines) is 1. The molecule has 2 heterocycles. The van der Waals surface area contributed by atoms with Crippen LogP contribution in [0.5, 0.6) is 0 Å². The molecule has 0 radical (unpaired) electrons. The molecule has 6 heteroatoms. The van der Waals surface area contributed by atoms with Crippen LogP contribution >= 0.6 is 0 Å². The fourth-order valence-electron chi connectivity index (χ4n) is 3.04. The number of amides is 1. The predicted octanol–water partition coefficient (Wildman–Crippen LogP) is -0.331. The first kappa shape index (κ1) is 14.3. The third-order valence-corrected chi connectivity index (χ3v) is 4.55. The zero-order valence-corrected chi connectivity index (χ0v) is 11.4. The van der Waals surface area contributed by atoms with E-state index in [4.69, 9.17) is 0 Å². The van der Waals surface area contributed by atoms with Gasteiger partial charge in [-0.2, -0.15) is 0 Å². The molecule has 3 N–H and O–H groups in total. The number of rotatable bonds is 3. The van der Waals surface area contributed by atoms with Crippen molar-refractivity contribution in [2.45, 2.75) is 38.8 Å². The molecule has 2 rings (SSSR count). The first-order valence-corrected chi connectivity index (χ1v) is 6.80. The highest BCUT2D eigenvalue weighted by Crippen LogP contribution is 2.38. The Bertz CT molecular complexity index is 385. The number of hydrogen-bond donors (Lipinski definition) is 3. The normalized spacial score (nSPS) is 35.1. The number of hydrogen-bond acceptors (Lipinski definition) is 4. The average Bonchev–Trinajstić information content (AvgIpc) is 2.94. The summed E-state index contributed by atoms with van der Waals surface area (Å²) in [6.45, 7) is 4.96. The maximum Gasteiger partial charge on any atom is 0.311 e. The van der Waals surface area contributed by atoms with Crippen molar-refractivity contribution >= 4 is 11.9 Å². The van der Waals surface area contributed by atoms with Gasteiger partial charge >= 0.3 is 5.97 Å². The minimum absolute atomic E-state index is 0.00933. The molecule has 0 saturated carbocycles. The third-order valence-electron chi connectivity index (χ3n) is 4.55. The summed E-state index contributed by atoms with van der Waals surface area (Å²) >= 11 is 0. The summed E-state index contributed by atoms with van der Waals surface area (Å²) in [6.07, 6.45) is 0.434. The van der Waals surface area contributed by atoms with Gasteiger partial charge in [0.2, 0.25) is 5.91 Å². The second-order valence-corrected chi connectivity index (χ2v) is 5.98. The van der Waals surface area contributed by atoms with E-state index in [2.05, 4.69) is 5.32 Å². The quantitative estimate of drug-likeness (QED) is 0.653. The summed E-state index contributed by atoms with van der Waals surface area (Å²) in [4.78, 5) is 25.4. The second-order valence-electron chi connectivity index (χ2n) is 5.98. The minimum atomic E-state index is -0.827. The number of nitrogens with one attached hydrogen (secondary N) is 1. The highest BCUT2D eigenvalue weighted by atomic mass is 16.4. The molecule has 108 valence electrons. The van der Waals surface area contributed by atoms with Gasteiger partial charge < -0.3 is 20.4 Å². The number of aliphatic hydroxyl groups excluding tert-OH is 1. The minimum Gasteiger partial charge on any atom is -0.481 e. The van der Waals surface area contributed by atoms with Crippen molar-refractivity contribution in [2.24, 2.45) is 11.3 Å². The average molecular weight is 270 g/mol. The lowest BCUT2D eigenvalue weighted by Crippen LogP contribution is -2.45. The van der Waals surface area contributed by atoms with Gasteiger partial charge in [-0.15, -0.1) is 0 Å². The van der Waals surface area contributed by atoms with Crippen LogP contribution in [-0.4, -0.2) is 58.8 Å². The van der Waals surface area contributed by atoms with Crippen LogP contribution in [0.4, 0.5) is 0 Å². The predicted molar refractivity (Wildman–Crippen MR) is 68.5 cm³/mol. The van der Waals surface area contributed by atoms with Gasteiger partial charge in [0, 0.05) is 19.6 Å². The van der Waals surface area contributed by atoms with Crippen molar-refractivity contribution in [1.82, 2.24) is 10.2 Å². The van der Waals surface area contributed by atoms with Gasteiger partial charge in [0.15, 0.2) is 0 Å². The zero-order valence-electron chi connectivity index (χ0n) is 11.4. The van der Waals surface area contributed by atoms with Crippen LogP contribution in [0.3, 0.4) is 0 Å². The Morgan fingerprint density at radius 3 is 2.53 bits per heavy atom. The summed E-state index contributed by atoms with van der Waals surface area (Å²) < 4.78 is 0. The van der Waals surface area contributed by atoms with Crippen LogP contribution in [0.25, 0.3) is 0 Å². The first-order chi connectivity index (χ1) is 8.86. The van der Waals surface area contributed by atoms with Crippen LogP contribution < -0.4 is 5.32 Å². The molecular formula is C13H22N2O4. The summed E-state index contributed by atoms with van der Waals surface area (Å²) in [5.74, 6) is -0.914. The Morgan fingerprint density at radius 2 is 2.11 bits per heavy atom. The van der Waals surface area contributed by atoms with E-state index in [0.717, 1.165) is 0 Å². The molecule has 0 aromatic heterocycles. The van der Waals surface area contributed by atoms with Crippen LogP contribution in [0.2, 0.25) is 0 Å². The van der Waals surface area contributed by atoms with Crippen molar-refractivity contribution in [3.63, 3.8) is 0 Å². The van der Waals surface area contributed by atoms with E-state index in [-0.39, 0.29) is 24.4 Å². The molecule has 0 aliphatic carbocycles. The summed E-state index contributed by atoms with van der Waals surface area (Å²) in [5.41, 5.74) is -0.827. The number of carboxylic acid groups (broad SMARTS) is 1. The SMILES string of the molecule is CC(C)C1(C(=O)O)CCN(C(=O)C2CC(O)CN2)C1. The van der Waals surface area contributed by atoms with Gasteiger partial charge in [-0.05, 0) is 18.8 Å². The molecule has 0 bridgehead atoms. The Hall–Kier alpha value is -1.14. The molecule has 0 aromatic carbocycles. The van der Waals surface area contributed by atoms with Crippen LogP contribution in [-0.2, 0) is 9.59 Å². The number of β-amino-alcohol motifs (C(OH)–C–C–N with tert-alkyl or cyclic N) is 1. The van der Waals surface area contributed by atoms with E-state index < -0.39 is 17.5 Å². The summed E-state index contributed by atoms with van der Waals surface area (Å²) in [5, 5.41) is 21.9. The Kier molecular flexibility index (Phi) is 3.82. The number of aliphatic carboxylic acids is 1. The molecule has 2 saturated heterocycles. The van der Waals surface area contributed by atoms with Gasteiger partial charge in [0.25, 0.3) is 0 Å². The lowest BCUT2D eigenvalue weighted by atomic mass is 9.76. The third kappa shape index (κ3) is 2.47. The van der Waals surface area contributed by atoms with E-state index in [0.29, 0.717) is 25.9 Å². The molecular weight excluding hydrogens is 248 g/mol. The largest absolute Gasteiger partial charge is 0.481 e. The fraction of sp³-hybridized carbons (Fsp3) is 0.846. The Morgan fingerprint density at radius 1 is 1.42 bits per heavy atom. The molecule has 2 aliphatic rings. The fourth-order valence-corrected chi connectivity index (χ4v) is 3.04. The molecule has 0 aromatic rings. The highest BCUT2D eigenvalue weighted by Gasteiger charge is 2.49. The smallest absolute Gasteiger partial charge is 0.311 e. The maximum absolute atomic E-state index is 12.3. The van der Waals surface area contributed by atoms with E-state index >= 15 is 0 Å². The number of aliphatic hydroxyl groups is 1. The Balaban J connectivity index is 2.05. The lowest BCUT2D eigenvalue weighted by molar-refractivity contribution is -0.151. The molecule has 0 spiro atoms. The summed E-state index contributed by atoms with van der Waals surface area (Å²) in [6, 6.07) is -0.369. The first-order valence-electron chi connectivity index (χ1n) is 6.80. The highest BCUT2D eigenvalue weighted by molar-refractivity contribution is 5.84. The van der Waals surface area contributed by atoms with Crippen LogP contribution in [0.15, 0.2) is 0 Å². The lowest BCUT2D eigenvalue weighted by Gasteiger charge is -2.29. The van der Waals surface area contributed by atoms with Crippen LogP contribution in [0, 0.1) is 11.3 Å². The van der Waals surface area contributed by atoms with Gasteiger partial charge in [0.05, 0.1) is 17.6 Å². The standard InChI is InChI=1S/C13H22N2O4/c1-8(2)13(12(18)19)3-4-15(7-13)11(17)10-5-9(16)6-14-10/h8-10,14,16H,3-7H2,1-2H3,(H,18,19). The monoisotopic (exact) mass is 270 g/mol. The molecule has 1 amide bonds. The zero-order chi connectivity index (χ0) is 14.2. The van der Waals surface area contributed by atoms with E-state index in [1.807, 2.05) is 13.8 Å². The topological polar surface area (TPSA) is 89.9 Å². The van der Waals surface area contributed by atoms with Gasteiger partial charge in [-0.1, -0.05) is 13.8 Å². The van der Waals surface area contributed by atoms with Crippen molar-refractivity contribution in [2.75, 3.05) is 19.6 Å². The maximum atomic E-state index is 12.3. The molecule has 19 heavy (non-hydrogen) atoms. The number of nitrogens with zero attached hydrogens (tertiary/aromatic N) is 1. The van der Waals surface area contributed by atoms with Crippen molar-refractivity contribution in [3.05, 3.63) is 0 Å². The number of carboxylic acids is 1. The van der Waals surface area contributed by atoms with Gasteiger partial charge in [0.1, 0.15) is 0 Å². The van der Waals surface area contributed by atoms with Crippen molar-refractivity contribution in [1.29, 1.82) is 0 Å². The molecule has 6 nitrogen and oxygen atoms in total. The number of carbonyl (C=O) groups excluding carboxylic acids is 1. The van der Waals surface area contributed by atoms with Crippen LogP contribution in [0.1, 0.15) is 26.7 Å². The van der Waals surface area contributed by atoms with Gasteiger partial charge in [-0.25, -0.2) is 0 Å². The van der Waals surface area contributed by atoms with Gasteiger partial charge in [-0.3, -0.25) is 9.59 Å². The Labute approximate surface area is 112 Å². The molecule has 3 unspecified atom stereocenters. The summed E-state index contributed by atoms with van der Waals surface area (Å²) in [7, 11) is 0. The van der Waals surface area contributed by atoms with Crippen molar-refractivity contribution in [3.8, 4) is 0 Å². The van der Waals surface area contributed by atoms with E-state index in [1.165, 1.54) is 0 Å². The van der Waals surface area contributed by atoms with E-state index in [9.17, 15) is 19.8 Å². The molecule has 2 fully saturated rings. The molecule has 2 aliphatic heterocycles. The second kappa shape index (κ2) is 5.09. The number of carbonyl (C=O) groups is 2. The molecule has 3 atom stereocenters. The van der Waals surface area contributed by atoms with Crippen molar-refractivity contribution < 1.29 is 19.8 Å². The van der Waals surface area contributed by atoms with E-state index in [1.54, 1.807) is 4.90 Å².